The largest absolute Gasteiger partial charge is 0.316 e. The molecule has 2 heteroatoms. The summed E-state index contributed by atoms with van der Waals surface area (Å²) >= 11 is 0. The van der Waals surface area contributed by atoms with E-state index in [9.17, 15) is 0 Å². The van der Waals surface area contributed by atoms with Gasteiger partial charge < -0.3 is 5.32 Å². The first-order valence-corrected chi connectivity index (χ1v) is 4.08. The van der Waals surface area contributed by atoms with E-state index >= 15 is 0 Å². The van der Waals surface area contributed by atoms with Crippen molar-refractivity contribution >= 4 is 0 Å². The molecule has 0 unspecified atom stereocenters. The van der Waals surface area contributed by atoms with Crippen molar-refractivity contribution in [2.24, 2.45) is 0 Å². The second kappa shape index (κ2) is 3.01. The summed E-state index contributed by atoms with van der Waals surface area (Å²) < 4.78 is 0. The zero-order valence-electron chi connectivity index (χ0n) is 6.46. The van der Waals surface area contributed by atoms with Gasteiger partial charge in [0.1, 0.15) is 0 Å². The van der Waals surface area contributed by atoms with Gasteiger partial charge in [-0.2, -0.15) is 0 Å². The molecule has 2 rings (SSSR count). The molecule has 2 heterocycles. The Morgan fingerprint density at radius 2 is 2.45 bits per heavy atom. The maximum absolute atomic E-state index is 4.32. The van der Waals surface area contributed by atoms with Crippen LogP contribution in [0.25, 0.3) is 0 Å². The van der Waals surface area contributed by atoms with Crippen LogP contribution in [0.1, 0.15) is 18.0 Å². The molecule has 0 aliphatic carbocycles. The van der Waals surface area contributed by atoms with E-state index in [1.54, 1.807) is 0 Å². The smallest absolute Gasteiger partial charge is 0.0447 e. The van der Waals surface area contributed by atoms with Crippen molar-refractivity contribution in [1.29, 1.82) is 0 Å². The number of nitrogens with one attached hydrogen (secondary N) is 1. The predicted molar refractivity (Wildman–Crippen MR) is 44.5 cm³/mol. The van der Waals surface area contributed by atoms with Gasteiger partial charge in [-0.3, -0.25) is 4.98 Å². The van der Waals surface area contributed by atoms with Gasteiger partial charge in [0.05, 0.1) is 0 Å². The van der Waals surface area contributed by atoms with Crippen LogP contribution < -0.4 is 5.32 Å². The average molecular weight is 148 g/mol. The Kier molecular flexibility index (Phi) is 1.86. The maximum Gasteiger partial charge on any atom is 0.0447 e. The number of aromatic nitrogens is 1. The summed E-state index contributed by atoms with van der Waals surface area (Å²) in [6.07, 6.45) is 3.10. The molecule has 0 radical (unpaired) electrons. The molecule has 0 saturated carbocycles. The van der Waals surface area contributed by atoms with Gasteiger partial charge in [-0.15, -0.1) is 0 Å². The van der Waals surface area contributed by atoms with E-state index in [2.05, 4.69) is 22.4 Å². The van der Waals surface area contributed by atoms with Crippen LogP contribution in [0.15, 0.2) is 24.4 Å². The van der Waals surface area contributed by atoms with Crippen LogP contribution in [0.2, 0.25) is 0 Å². The number of hydrogen-bond donors (Lipinski definition) is 1. The van der Waals surface area contributed by atoms with Crippen molar-refractivity contribution in [2.75, 3.05) is 13.1 Å². The highest BCUT2D eigenvalue weighted by Crippen LogP contribution is 2.18. The van der Waals surface area contributed by atoms with E-state index in [0.29, 0.717) is 5.92 Å². The first-order valence-electron chi connectivity index (χ1n) is 4.08. The van der Waals surface area contributed by atoms with Gasteiger partial charge in [0.2, 0.25) is 0 Å². The number of nitrogens with zero attached hydrogens (tertiary/aromatic N) is 1. The number of hydrogen-bond acceptors (Lipinski definition) is 2. The second-order valence-electron chi connectivity index (χ2n) is 2.94. The molecule has 1 saturated heterocycles. The van der Waals surface area contributed by atoms with Gasteiger partial charge in [0, 0.05) is 24.4 Å². The van der Waals surface area contributed by atoms with Gasteiger partial charge in [-0.05, 0) is 25.1 Å². The SMILES string of the molecule is c1ccc([C@H]2CCNC2)nc1. The van der Waals surface area contributed by atoms with Crippen LogP contribution in [0.5, 0.6) is 0 Å². The van der Waals surface area contributed by atoms with Crippen molar-refractivity contribution in [3.8, 4) is 0 Å². The summed E-state index contributed by atoms with van der Waals surface area (Å²) in [4.78, 5) is 4.32. The van der Waals surface area contributed by atoms with Gasteiger partial charge in [0.25, 0.3) is 0 Å². The monoisotopic (exact) mass is 148 g/mol. The van der Waals surface area contributed by atoms with E-state index in [4.69, 9.17) is 0 Å². The molecule has 0 amide bonds. The highest BCUT2D eigenvalue weighted by molar-refractivity contribution is 5.11. The zero-order chi connectivity index (χ0) is 7.52. The van der Waals surface area contributed by atoms with Gasteiger partial charge >= 0.3 is 0 Å². The molecule has 11 heavy (non-hydrogen) atoms. The standard InChI is InChI=1S/C9H12N2/c1-2-5-11-9(3-1)8-4-6-10-7-8/h1-3,5,8,10H,4,6-7H2/t8-/m0/s1. The Morgan fingerprint density at radius 1 is 1.45 bits per heavy atom. The van der Waals surface area contributed by atoms with Crippen LogP contribution in [0.4, 0.5) is 0 Å². The Balaban J connectivity index is 2.16. The fourth-order valence-electron chi connectivity index (χ4n) is 1.52. The normalized spacial score (nSPS) is 23.8. The minimum Gasteiger partial charge on any atom is -0.316 e. The lowest BCUT2D eigenvalue weighted by atomic mass is 10.0. The quantitative estimate of drug-likeness (QED) is 0.646. The summed E-state index contributed by atoms with van der Waals surface area (Å²) in [7, 11) is 0. The van der Waals surface area contributed by atoms with Crippen LogP contribution in [-0.4, -0.2) is 18.1 Å². The molecule has 1 fully saturated rings. The van der Waals surface area contributed by atoms with Crippen molar-refractivity contribution in [2.45, 2.75) is 12.3 Å². The molecule has 2 nitrogen and oxygen atoms in total. The van der Waals surface area contributed by atoms with E-state index in [1.807, 2.05) is 12.3 Å². The summed E-state index contributed by atoms with van der Waals surface area (Å²) in [5.41, 5.74) is 1.23. The van der Waals surface area contributed by atoms with Crippen molar-refractivity contribution in [3.63, 3.8) is 0 Å². The van der Waals surface area contributed by atoms with Gasteiger partial charge in [-0.25, -0.2) is 0 Å². The Labute approximate surface area is 66.7 Å². The third kappa shape index (κ3) is 1.40. The molecule has 1 aromatic rings. The molecule has 1 atom stereocenters. The fourth-order valence-corrected chi connectivity index (χ4v) is 1.52. The molecular formula is C9H12N2. The van der Waals surface area contributed by atoms with E-state index in [1.165, 1.54) is 12.1 Å². The summed E-state index contributed by atoms with van der Waals surface area (Å²) in [5.74, 6) is 0.649. The predicted octanol–water partition coefficient (Wildman–Crippen LogP) is 1.16. The molecule has 1 aliphatic heterocycles. The average Bonchev–Trinajstić information content (AvgIpc) is 2.58. The minimum atomic E-state index is 0.649. The molecule has 1 aliphatic rings. The molecular weight excluding hydrogens is 136 g/mol. The van der Waals surface area contributed by atoms with E-state index in [-0.39, 0.29) is 0 Å². The van der Waals surface area contributed by atoms with Crippen molar-refractivity contribution < 1.29 is 0 Å². The second-order valence-corrected chi connectivity index (χ2v) is 2.94. The van der Waals surface area contributed by atoms with Crippen molar-refractivity contribution in [3.05, 3.63) is 30.1 Å². The van der Waals surface area contributed by atoms with E-state index in [0.717, 1.165) is 13.1 Å². The molecule has 58 valence electrons. The van der Waals surface area contributed by atoms with Crippen LogP contribution >= 0.6 is 0 Å². The summed E-state index contributed by atoms with van der Waals surface area (Å²) in [6, 6.07) is 6.13. The summed E-state index contributed by atoms with van der Waals surface area (Å²) in [5, 5.41) is 3.33. The molecule has 1 aromatic heterocycles. The lowest BCUT2D eigenvalue weighted by molar-refractivity contribution is 0.735. The Morgan fingerprint density at radius 3 is 3.09 bits per heavy atom. The fraction of sp³-hybridized carbons (Fsp3) is 0.444. The van der Waals surface area contributed by atoms with E-state index < -0.39 is 0 Å². The van der Waals surface area contributed by atoms with Gasteiger partial charge in [0.15, 0.2) is 0 Å². The third-order valence-electron chi connectivity index (χ3n) is 2.17. The lowest BCUT2D eigenvalue weighted by Gasteiger charge is -2.05. The Hall–Kier alpha value is -0.890. The maximum atomic E-state index is 4.32. The highest BCUT2D eigenvalue weighted by Gasteiger charge is 2.16. The highest BCUT2D eigenvalue weighted by atomic mass is 14.9. The van der Waals surface area contributed by atoms with Crippen LogP contribution in [0.3, 0.4) is 0 Å². The van der Waals surface area contributed by atoms with Crippen molar-refractivity contribution in [1.82, 2.24) is 10.3 Å². The number of rotatable bonds is 1. The Bertz CT molecular complexity index is 214. The molecule has 0 bridgehead atoms. The van der Waals surface area contributed by atoms with Crippen LogP contribution in [0, 0.1) is 0 Å². The topological polar surface area (TPSA) is 24.9 Å². The minimum absolute atomic E-state index is 0.649. The third-order valence-corrected chi connectivity index (χ3v) is 2.17. The zero-order valence-corrected chi connectivity index (χ0v) is 6.46. The molecule has 1 N–H and O–H groups in total. The van der Waals surface area contributed by atoms with Gasteiger partial charge in [-0.1, -0.05) is 6.07 Å². The number of pyridine rings is 1. The molecule has 0 spiro atoms. The van der Waals surface area contributed by atoms with Crippen LogP contribution in [-0.2, 0) is 0 Å². The molecule has 0 aromatic carbocycles. The first-order chi connectivity index (χ1) is 5.47. The lowest BCUT2D eigenvalue weighted by Crippen LogP contribution is -2.08. The first kappa shape index (κ1) is 6.80. The summed E-state index contributed by atoms with van der Waals surface area (Å²) in [6.45, 7) is 2.23.